The predicted octanol–water partition coefficient (Wildman–Crippen LogP) is 0.601. The molecule has 1 atom stereocenters. The van der Waals surface area contributed by atoms with E-state index in [1.807, 2.05) is 11.6 Å². The van der Waals surface area contributed by atoms with Gasteiger partial charge in [0.1, 0.15) is 6.26 Å². The molecule has 0 saturated carbocycles. The molecule has 0 aliphatic carbocycles. The van der Waals surface area contributed by atoms with E-state index in [4.69, 9.17) is 9.15 Å². The summed E-state index contributed by atoms with van der Waals surface area (Å²) in [5.41, 5.74) is 1.38. The second-order valence-corrected chi connectivity index (χ2v) is 6.01. The maximum Gasteiger partial charge on any atom is 0.273 e. The number of carbonyl (C=O) groups is 1. The van der Waals surface area contributed by atoms with Gasteiger partial charge in [-0.3, -0.25) is 9.69 Å². The number of aromatic nitrogens is 3. The Morgan fingerprint density at radius 2 is 2.42 bits per heavy atom. The van der Waals surface area contributed by atoms with Crippen LogP contribution in [-0.4, -0.2) is 58.2 Å². The molecule has 8 heteroatoms. The van der Waals surface area contributed by atoms with Crippen LogP contribution in [0.25, 0.3) is 0 Å². The first kappa shape index (κ1) is 16.7. The fraction of sp³-hybridized carbons (Fsp3) is 0.562. The molecule has 3 rings (SSSR count). The lowest BCUT2D eigenvalue weighted by atomic mass is 10.3. The van der Waals surface area contributed by atoms with Crippen LogP contribution in [0.5, 0.6) is 0 Å². The molecule has 1 N–H and O–H groups in total. The van der Waals surface area contributed by atoms with Crippen molar-refractivity contribution in [1.82, 2.24) is 24.8 Å². The average Bonchev–Trinajstić information content (AvgIpc) is 3.30. The van der Waals surface area contributed by atoms with Gasteiger partial charge in [0.25, 0.3) is 5.91 Å². The van der Waals surface area contributed by atoms with Gasteiger partial charge in [-0.2, -0.15) is 0 Å². The highest BCUT2D eigenvalue weighted by molar-refractivity contribution is 5.91. The number of imidazole rings is 1. The van der Waals surface area contributed by atoms with Gasteiger partial charge >= 0.3 is 0 Å². The van der Waals surface area contributed by atoms with Crippen molar-refractivity contribution in [3.63, 3.8) is 0 Å². The number of hydrogen-bond donors (Lipinski definition) is 1. The highest BCUT2D eigenvalue weighted by Crippen LogP contribution is 2.15. The number of aryl methyl sites for hydroxylation is 1. The second-order valence-electron chi connectivity index (χ2n) is 6.01. The molecule has 0 unspecified atom stereocenters. The maximum absolute atomic E-state index is 12.1. The van der Waals surface area contributed by atoms with E-state index in [1.54, 1.807) is 19.6 Å². The first-order valence-corrected chi connectivity index (χ1v) is 8.08. The van der Waals surface area contributed by atoms with E-state index in [1.165, 1.54) is 6.26 Å². The summed E-state index contributed by atoms with van der Waals surface area (Å²) in [4.78, 5) is 22.7. The molecule has 0 aromatic carbocycles. The zero-order chi connectivity index (χ0) is 16.9. The van der Waals surface area contributed by atoms with Crippen molar-refractivity contribution in [2.45, 2.75) is 25.5 Å². The topological polar surface area (TPSA) is 85.4 Å². The quantitative estimate of drug-likeness (QED) is 0.799. The van der Waals surface area contributed by atoms with Crippen LogP contribution in [0.1, 0.15) is 28.5 Å². The van der Waals surface area contributed by atoms with Crippen LogP contribution in [-0.2, 0) is 24.8 Å². The minimum atomic E-state index is -0.219. The molecule has 1 aliphatic heterocycles. The number of nitrogens with zero attached hydrogens (tertiary/aromatic N) is 4. The van der Waals surface area contributed by atoms with Crippen molar-refractivity contribution in [3.05, 3.63) is 36.1 Å². The van der Waals surface area contributed by atoms with Crippen LogP contribution in [0.15, 0.2) is 23.2 Å². The van der Waals surface area contributed by atoms with Gasteiger partial charge in [-0.25, -0.2) is 9.97 Å². The molecule has 1 saturated heterocycles. The number of hydrogen-bond acceptors (Lipinski definition) is 6. The summed E-state index contributed by atoms with van der Waals surface area (Å²) in [6.45, 7) is 2.95. The van der Waals surface area contributed by atoms with Crippen molar-refractivity contribution >= 4 is 5.91 Å². The third-order valence-electron chi connectivity index (χ3n) is 4.29. The van der Waals surface area contributed by atoms with E-state index in [9.17, 15) is 4.79 Å². The summed E-state index contributed by atoms with van der Waals surface area (Å²) in [6, 6.07) is 0. The lowest BCUT2D eigenvalue weighted by Crippen LogP contribution is -2.26. The van der Waals surface area contributed by atoms with Crippen LogP contribution in [0.2, 0.25) is 0 Å². The Hall–Kier alpha value is -2.19. The van der Waals surface area contributed by atoms with Crippen molar-refractivity contribution in [1.29, 1.82) is 0 Å². The largest absolute Gasteiger partial charge is 0.447 e. The Kier molecular flexibility index (Phi) is 5.27. The summed E-state index contributed by atoms with van der Waals surface area (Å²) in [7, 11) is 3.66. The molecule has 2 aromatic rings. The minimum absolute atomic E-state index is 0.219. The first-order valence-electron chi connectivity index (χ1n) is 8.08. The number of ether oxygens (including phenoxy) is 1. The monoisotopic (exact) mass is 333 g/mol. The van der Waals surface area contributed by atoms with Crippen LogP contribution in [0, 0.1) is 0 Å². The molecule has 0 bridgehead atoms. The third-order valence-corrected chi connectivity index (χ3v) is 4.29. The molecule has 1 aliphatic rings. The second kappa shape index (κ2) is 7.59. The zero-order valence-electron chi connectivity index (χ0n) is 14.1. The summed E-state index contributed by atoms with van der Waals surface area (Å²) in [5, 5.41) is 2.85. The Balaban J connectivity index is 1.46. The van der Waals surface area contributed by atoms with Gasteiger partial charge in [-0.1, -0.05) is 0 Å². The Morgan fingerprint density at radius 1 is 1.54 bits per heavy atom. The molecule has 0 radical (unpaired) electrons. The van der Waals surface area contributed by atoms with Crippen molar-refractivity contribution in [3.8, 4) is 0 Å². The van der Waals surface area contributed by atoms with Gasteiger partial charge in [0.2, 0.25) is 5.89 Å². The lowest BCUT2D eigenvalue weighted by Gasteiger charge is -2.12. The normalized spacial score (nSPS) is 18.2. The number of likely N-dealkylation sites (tertiary alicyclic amines) is 1. The third kappa shape index (κ3) is 4.01. The Morgan fingerprint density at radius 3 is 3.12 bits per heavy atom. The van der Waals surface area contributed by atoms with Crippen molar-refractivity contribution in [2.75, 3.05) is 26.7 Å². The Labute approximate surface area is 140 Å². The molecule has 2 aromatic heterocycles. The van der Waals surface area contributed by atoms with Gasteiger partial charge in [0.15, 0.2) is 5.69 Å². The van der Waals surface area contributed by atoms with Gasteiger partial charge in [-0.05, 0) is 6.42 Å². The average molecular weight is 333 g/mol. The minimum Gasteiger partial charge on any atom is -0.447 e. The number of oxazole rings is 1. The van der Waals surface area contributed by atoms with Crippen LogP contribution in [0.3, 0.4) is 0 Å². The fourth-order valence-corrected chi connectivity index (χ4v) is 2.83. The molecule has 1 fully saturated rings. The number of carbonyl (C=O) groups excluding carboxylic acids is 1. The number of methoxy groups -OCH3 is 1. The highest BCUT2D eigenvalue weighted by atomic mass is 16.5. The predicted molar refractivity (Wildman–Crippen MR) is 86.4 cm³/mol. The van der Waals surface area contributed by atoms with E-state index in [0.29, 0.717) is 24.7 Å². The molecular weight excluding hydrogens is 310 g/mol. The van der Waals surface area contributed by atoms with Crippen LogP contribution < -0.4 is 5.32 Å². The molecular formula is C16H23N5O3. The lowest BCUT2D eigenvalue weighted by molar-refractivity contribution is 0.0948. The van der Waals surface area contributed by atoms with Crippen LogP contribution >= 0.6 is 0 Å². The standard InChI is InChI=1S/C16H23N5O3/c1-20-11-17-7-12(20)3-5-18-16(22)14-10-24-15(19-14)9-21-6-4-13(8-21)23-2/h7,10-11,13H,3-6,8-9H2,1-2H3,(H,18,22)/t13-/m0/s1. The first-order chi connectivity index (χ1) is 11.7. The molecule has 3 heterocycles. The van der Waals surface area contributed by atoms with Crippen molar-refractivity contribution < 1.29 is 13.9 Å². The van der Waals surface area contributed by atoms with E-state index in [-0.39, 0.29) is 12.0 Å². The fourth-order valence-electron chi connectivity index (χ4n) is 2.83. The van der Waals surface area contributed by atoms with E-state index >= 15 is 0 Å². The van der Waals surface area contributed by atoms with Crippen LogP contribution in [0.4, 0.5) is 0 Å². The summed E-state index contributed by atoms with van der Waals surface area (Å²) < 4.78 is 12.7. The molecule has 24 heavy (non-hydrogen) atoms. The molecule has 0 spiro atoms. The summed E-state index contributed by atoms with van der Waals surface area (Å²) in [6.07, 6.45) is 6.96. The SMILES string of the molecule is CO[C@H]1CCN(Cc2nc(C(=O)NCCc3cncn3C)co2)C1. The van der Waals surface area contributed by atoms with E-state index < -0.39 is 0 Å². The smallest absolute Gasteiger partial charge is 0.273 e. The van der Waals surface area contributed by atoms with Gasteiger partial charge in [0, 0.05) is 52.1 Å². The summed E-state index contributed by atoms with van der Waals surface area (Å²) in [5.74, 6) is 0.340. The van der Waals surface area contributed by atoms with E-state index in [0.717, 1.165) is 31.6 Å². The van der Waals surface area contributed by atoms with Gasteiger partial charge in [-0.15, -0.1) is 0 Å². The number of rotatable bonds is 7. The summed E-state index contributed by atoms with van der Waals surface area (Å²) >= 11 is 0. The molecule has 1 amide bonds. The zero-order valence-corrected chi connectivity index (χ0v) is 14.1. The van der Waals surface area contributed by atoms with Gasteiger partial charge in [0.05, 0.1) is 19.0 Å². The highest BCUT2D eigenvalue weighted by Gasteiger charge is 2.23. The maximum atomic E-state index is 12.1. The Bertz CT molecular complexity index is 681. The molecule has 130 valence electrons. The van der Waals surface area contributed by atoms with Crippen molar-refractivity contribution in [2.24, 2.45) is 7.05 Å². The molecule has 8 nitrogen and oxygen atoms in total. The van der Waals surface area contributed by atoms with Gasteiger partial charge < -0.3 is 19.0 Å². The number of nitrogens with one attached hydrogen (secondary N) is 1. The van der Waals surface area contributed by atoms with E-state index in [2.05, 4.69) is 20.2 Å². The number of amides is 1.